The number of hydrogen-bond donors (Lipinski definition) is 0. The number of sulfonamides is 2. The van der Waals surface area contributed by atoms with Gasteiger partial charge in [0.25, 0.3) is 10.1 Å². The van der Waals surface area contributed by atoms with Crippen molar-refractivity contribution in [3.05, 3.63) is 99.9 Å². The third-order valence-corrected chi connectivity index (χ3v) is 15.8. The van der Waals surface area contributed by atoms with E-state index in [0.29, 0.717) is 47.7 Å². The first-order valence-corrected chi connectivity index (χ1v) is 21.1. The molecule has 4 aliphatic rings. The predicted octanol–water partition coefficient (Wildman–Crippen LogP) is 5.81. The first kappa shape index (κ1) is 36.5. The third kappa shape index (κ3) is 7.50. The van der Waals surface area contributed by atoms with Crippen molar-refractivity contribution in [2.45, 2.75) is 73.2 Å². The van der Waals surface area contributed by atoms with Crippen LogP contribution in [0.15, 0.2) is 92.6 Å². The van der Waals surface area contributed by atoms with Crippen molar-refractivity contribution in [1.29, 1.82) is 0 Å². The Morgan fingerprint density at radius 3 is 1.42 bits per heavy atom. The van der Waals surface area contributed by atoms with Gasteiger partial charge >= 0.3 is 0 Å². The first-order valence-electron chi connectivity index (χ1n) is 16.8. The van der Waals surface area contributed by atoms with Gasteiger partial charge in [-0.1, -0.05) is 58.2 Å². The quantitative estimate of drug-likeness (QED) is 0.109. The molecule has 2 heterocycles. The zero-order valence-electron chi connectivity index (χ0n) is 28.4. The lowest BCUT2D eigenvalue weighted by Gasteiger charge is -2.30. The summed E-state index contributed by atoms with van der Waals surface area (Å²) >= 11 is 0. The fraction of sp³-hybridized carbons (Fsp3) is 0.486. The van der Waals surface area contributed by atoms with E-state index >= 15 is 0 Å². The molecule has 0 spiro atoms. The molecule has 6 atom stereocenters. The maximum Gasteiger partial charge on any atom is 0.296 e. The summed E-state index contributed by atoms with van der Waals surface area (Å²) in [5.41, 5.74) is 11.4. The highest BCUT2D eigenvalue weighted by Crippen LogP contribution is 2.46. The summed E-state index contributed by atoms with van der Waals surface area (Å²) in [6.45, 7) is 7.29. The van der Waals surface area contributed by atoms with Gasteiger partial charge in [-0.25, -0.2) is 16.8 Å². The minimum atomic E-state index is -3.80. The molecule has 0 N–H and O–H groups in total. The SMILES string of the molecule is Cc1ccc(S(=O)(=O)N2C[C@@H]3C[C@H]2CC3CN=[N+]=[N-])cc1.Cc1ccc(S(=O)(=O)OCC2C[C@@H]3C[C@H]2CN3S(=O)(=O)c2ccc(C)cc2)cc1. The van der Waals surface area contributed by atoms with Gasteiger partial charge in [0.05, 0.1) is 21.3 Å². The van der Waals surface area contributed by atoms with E-state index in [9.17, 15) is 25.3 Å². The zero-order chi connectivity index (χ0) is 35.8. The Bertz CT molecular complexity index is 2070. The van der Waals surface area contributed by atoms with E-state index in [1.165, 1.54) is 0 Å². The molecule has 3 aromatic carbocycles. The van der Waals surface area contributed by atoms with Crippen LogP contribution in [0, 0.1) is 44.4 Å². The number of fused-ring (bicyclic) bond motifs is 4. The summed E-state index contributed by atoms with van der Waals surface area (Å²) in [6, 6.07) is 20.4. The highest BCUT2D eigenvalue weighted by Gasteiger charge is 2.50. The fourth-order valence-corrected chi connectivity index (χ4v) is 12.2. The zero-order valence-corrected chi connectivity index (χ0v) is 30.8. The molecule has 2 unspecified atom stereocenters. The van der Waals surface area contributed by atoms with Crippen LogP contribution in [-0.4, -0.2) is 72.2 Å². The molecule has 0 radical (unpaired) electrons. The molecule has 0 aromatic heterocycles. The normalized spacial score (nSPS) is 26.4. The Morgan fingerprint density at radius 2 is 1.04 bits per heavy atom. The molecule has 0 amide bonds. The largest absolute Gasteiger partial charge is 0.296 e. The summed E-state index contributed by atoms with van der Waals surface area (Å²) in [5, 5.41) is 3.64. The lowest BCUT2D eigenvalue weighted by molar-refractivity contribution is 0.180. The van der Waals surface area contributed by atoms with Crippen molar-refractivity contribution in [1.82, 2.24) is 8.61 Å². The summed E-state index contributed by atoms with van der Waals surface area (Å²) in [4.78, 5) is 3.63. The molecule has 2 aliphatic carbocycles. The molecule has 2 aliphatic heterocycles. The van der Waals surface area contributed by atoms with Gasteiger partial charge < -0.3 is 0 Å². The number of benzene rings is 3. The Hall–Kier alpha value is -3.30. The van der Waals surface area contributed by atoms with Crippen molar-refractivity contribution < 1.29 is 29.4 Å². The Kier molecular flexibility index (Phi) is 10.5. The van der Waals surface area contributed by atoms with E-state index in [2.05, 4.69) is 10.0 Å². The van der Waals surface area contributed by atoms with Crippen LogP contribution in [0.3, 0.4) is 0 Å². The topological polar surface area (TPSA) is 167 Å². The summed E-state index contributed by atoms with van der Waals surface area (Å²) < 4.78 is 84.7. The summed E-state index contributed by atoms with van der Waals surface area (Å²) in [7, 11) is -10.7. The lowest BCUT2D eigenvalue weighted by atomic mass is 9.96. The van der Waals surface area contributed by atoms with Crippen LogP contribution in [0.4, 0.5) is 0 Å². The van der Waals surface area contributed by atoms with E-state index in [1.54, 1.807) is 69.3 Å². The summed E-state index contributed by atoms with van der Waals surface area (Å²) in [6.07, 6.45) is 3.06. The molecular weight excluding hydrogens is 699 g/mol. The monoisotopic (exact) mass is 741 g/mol. The maximum absolute atomic E-state index is 13.0. The van der Waals surface area contributed by atoms with Crippen LogP contribution in [-0.2, 0) is 34.3 Å². The van der Waals surface area contributed by atoms with Gasteiger partial charge in [0, 0.05) is 36.6 Å². The minimum Gasteiger partial charge on any atom is -0.266 e. The van der Waals surface area contributed by atoms with Crippen molar-refractivity contribution in [3.63, 3.8) is 0 Å². The number of nitrogens with zero attached hydrogens (tertiary/aromatic N) is 5. The average molecular weight is 742 g/mol. The van der Waals surface area contributed by atoms with Crippen LogP contribution >= 0.6 is 0 Å². The number of piperidine rings is 2. The molecule has 50 heavy (non-hydrogen) atoms. The van der Waals surface area contributed by atoms with Crippen molar-refractivity contribution >= 4 is 30.2 Å². The molecule has 4 bridgehead atoms. The van der Waals surface area contributed by atoms with Crippen molar-refractivity contribution in [2.75, 3.05) is 26.2 Å². The Labute approximate surface area is 295 Å². The van der Waals surface area contributed by atoms with Gasteiger partial charge in [-0.05, 0) is 112 Å². The number of rotatable bonds is 10. The van der Waals surface area contributed by atoms with Crippen molar-refractivity contribution in [2.24, 2.45) is 28.8 Å². The van der Waals surface area contributed by atoms with E-state index in [0.717, 1.165) is 36.0 Å². The smallest absolute Gasteiger partial charge is 0.266 e. The molecule has 15 heteroatoms. The van der Waals surface area contributed by atoms with Gasteiger partial charge in [0.1, 0.15) is 0 Å². The molecule has 2 saturated carbocycles. The number of hydrogen-bond acceptors (Lipinski definition) is 8. The second-order valence-electron chi connectivity index (χ2n) is 14.0. The van der Waals surface area contributed by atoms with Crippen LogP contribution in [0.5, 0.6) is 0 Å². The van der Waals surface area contributed by atoms with Crippen LogP contribution in [0.1, 0.15) is 42.4 Å². The van der Waals surface area contributed by atoms with Gasteiger partial charge in [-0.2, -0.15) is 17.0 Å². The minimum absolute atomic E-state index is 0.0460. The first-order chi connectivity index (χ1) is 23.7. The van der Waals surface area contributed by atoms with E-state index in [1.807, 2.05) is 32.9 Å². The maximum atomic E-state index is 13.0. The molecule has 268 valence electrons. The van der Waals surface area contributed by atoms with E-state index < -0.39 is 30.2 Å². The second kappa shape index (κ2) is 14.4. The van der Waals surface area contributed by atoms with Gasteiger partial charge in [0.15, 0.2) is 0 Å². The molecule has 2 saturated heterocycles. The average Bonchev–Trinajstić information content (AvgIpc) is 3.89. The van der Waals surface area contributed by atoms with E-state index in [-0.39, 0.29) is 35.4 Å². The molecule has 12 nitrogen and oxygen atoms in total. The second-order valence-corrected chi connectivity index (χ2v) is 19.4. The Morgan fingerprint density at radius 1 is 0.640 bits per heavy atom. The van der Waals surface area contributed by atoms with Crippen LogP contribution < -0.4 is 0 Å². The van der Waals surface area contributed by atoms with Gasteiger partial charge in [-0.3, -0.25) is 4.18 Å². The van der Waals surface area contributed by atoms with Gasteiger partial charge in [-0.15, -0.1) is 0 Å². The Balaban J connectivity index is 0.000000182. The molecule has 3 aromatic rings. The number of aryl methyl sites for hydroxylation is 3. The number of azide groups is 1. The lowest BCUT2D eigenvalue weighted by Crippen LogP contribution is -2.41. The van der Waals surface area contributed by atoms with Crippen LogP contribution in [0.2, 0.25) is 0 Å². The van der Waals surface area contributed by atoms with E-state index in [4.69, 9.17) is 9.71 Å². The molecule has 4 fully saturated rings. The highest BCUT2D eigenvalue weighted by atomic mass is 32.2. The standard InChI is InChI=1S/C21H25NO5S2.C14H18N4O2S/c1-15-3-7-20(8-4-15)28(23,24)22-13-17-11-19(22)12-18(17)14-27-29(25,26)21-9-5-16(2)6-10-21;1-10-2-4-14(5-3-10)21(19,20)18-9-12-7-13(18)6-11(12)8-16-17-15/h3-10,17-19H,11-14H2,1-2H3;2-5,11-13H,6-9H2,1H3/t17-,18?,19-;11?,12-,13+/m00/s1. The fourth-order valence-electron chi connectivity index (χ4n) is 7.84. The predicted molar refractivity (Wildman–Crippen MR) is 188 cm³/mol. The summed E-state index contributed by atoms with van der Waals surface area (Å²) in [5.74, 6) is 0.814. The van der Waals surface area contributed by atoms with Gasteiger partial charge in [0.2, 0.25) is 20.0 Å². The third-order valence-electron chi connectivity index (χ3n) is 10.7. The molecular formula is C35H43N5O7S3. The molecule has 7 rings (SSSR count). The van der Waals surface area contributed by atoms with Crippen LogP contribution in [0.25, 0.3) is 10.4 Å². The van der Waals surface area contributed by atoms with Crippen molar-refractivity contribution in [3.8, 4) is 0 Å². The highest BCUT2D eigenvalue weighted by molar-refractivity contribution is 7.89.